The Morgan fingerprint density at radius 1 is 0.818 bits per heavy atom. The first-order chi connectivity index (χ1) is 10.4. The van der Waals surface area contributed by atoms with Gasteiger partial charge in [-0.15, -0.1) is 0 Å². The molecule has 0 saturated carbocycles. The number of hydrogen-bond acceptors (Lipinski definition) is 5. The van der Waals surface area contributed by atoms with Crippen molar-refractivity contribution in [2.24, 2.45) is 0 Å². The van der Waals surface area contributed by atoms with E-state index in [0.717, 1.165) is 19.5 Å². The van der Waals surface area contributed by atoms with Crippen LogP contribution in [0.1, 0.15) is 13.8 Å². The van der Waals surface area contributed by atoms with Crippen LogP contribution in [0.25, 0.3) is 0 Å². The number of hydrazine groups is 1. The molecule has 0 aliphatic carbocycles. The Labute approximate surface area is 129 Å². The number of aromatic nitrogens is 6. The molecule has 0 bridgehead atoms. The van der Waals surface area contributed by atoms with Gasteiger partial charge in [0.15, 0.2) is 0 Å². The van der Waals surface area contributed by atoms with Crippen molar-refractivity contribution in [3.05, 3.63) is 55.4 Å². The number of hydrogen-bond donors (Lipinski definition) is 1. The van der Waals surface area contributed by atoms with Crippen molar-refractivity contribution in [3.8, 4) is 0 Å². The summed E-state index contributed by atoms with van der Waals surface area (Å²) in [7, 11) is 0. The van der Waals surface area contributed by atoms with Crippen molar-refractivity contribution in [1.29, 1.82) is 0 Å². The standard InChI is InChI=1S/C12H16BN8.CH4/c1-5-14-18(9-1)13(19-10-2-6-15-19,20-11-3-7-16-20)21-12-4-8-17-21;/h1-3,5-7,9-11,17H,4,8,12H2;1H4/q-1;. The molecule has 4 heterocycles. The Morgan fingerprint density at radius 3 is 1.64 bits per heavy atom. The summed E-state index contributed by atoms with van der Waals surface area (Å²) in [5.74, 6) is 0. The highest BCUT2D eigenvalue weighted by Gasteiger charge is 2.42. The van der Waals surface area contributed by atoms with E-state index in [4.69, 9.17) is 0 Å². The summed E-state index contributed by atoms with van der Waals surface area (Å²) in [5, 5.41) is 13.5. The highest BCUT2D eigenvalue weighted by Crippen LogP contribution is 2.17. The van der Waals surface area contributed by atoms with Gasteiger partial charge in [0, 0.05) is 25.1 Å². The first-order valence-electron chi connectivity index (χ1n) is 7.08. The van der Waals surface area contributed by atoms with Crippen molar-refractivity contribution in [1.82, 2.24) is 39.4 Å². The van der Waals surface area contributed by atoms with Gasteiger partial charge in [-0.05, 0) is 49.8 Å². The smallest absolute Gasteiger partial charge is 0.385 e. The van der Waals surface area contributed by atoms with E-state index in [9.17, 15) is 0 Å². The summed E-state index contributed by atoms with van der Waals surface area (Å²) < 4.78 is 5.74. The average molecular weight is 299 g/mol. The van der Waals surface area contributed by atoms with Crippen LogP contribution in [0.3, 0.4) is 0 Å². The molecule has 1 aliphatic rings. The van der Waals surface area contributed by atoms with Gasteiger partial charge in [-0.3, -0.25) is 5.43 Å². The van der Waals surface area contributed by atoms with Crippen LogP contribution in [0, 0.1) is 0 Å². The summed E-state index contributed by atoms with van der Waals surface area (Å²) in [6.45, 7) is 0.180. The van der Waals surface area contributed by atoms with Gasteiger partial charge < -0.3 is 18.7 Å². The molecule has 0 amide bonds. The van der Waals surface area contributed by atoms with Crippen molar-refractivity contribution < 1.29 is 0 Å². The fraction of sp³-hybridized carbons (Fsp3) is 0.308. The molecule has 0 unspecified atom stereocenters. The third-order valence-electron chi connectivity index (χ3n) is 3.95. The second-order valence-electron chi connectivity index (χ2n) is 5.11. The lowest BCUT2D eigenvalue weighted by atomic mass is 9.73. The number of nitrogens with one attached hydrogen (secondary N) is 1. The van der Waals surface area contributed by atoms with Crippen molar-refractivity contribution in [3.63, 3.8) is 0 Å². The first-order valence-corrected chi connectivity index (χ1v) is 7.08. The van der Waals surface area contributed by atoms with E-state index >= 15 is 0 Å². The van der Waals surface area contributed by atoms with Crippen LogP contribution in [-0.4, -0.2) is 53.8 Å². The molecule has 4 rings (SSSR count). The Balaban J connectivity index is 0.00000144. The zero-order valence-corrected chi connectivity index (χ0v) is 11.5. The van der Waals surface area contributed by atoms with Gasteiger partial charge in [-0.1, -0.05) is 7.43 Å². The van der Waals surface area contributed by atoms with Crippen LogP contribution in [0.2, 0.25) is 0 Å². The van der Waals surface area contributed by atoms with Crippen LogP contribution in [0.4, 0.5) is 0 Å². The van der Waals surface area contributed by atoms with Crippen LogP contribution >= 0.6 is 0 Å². The lowest BCUT2D eigenvalue weighted by Gasteiger charge is -2.48. The Hall–Kier alpha value is -2.39. The minimum absolute atomic E-state index is 0. The molecule has 1 aliphatic heterocycles. The van der Waals surface area contributed by atoms with E-state index in [-0.39, 0.29) is 7.43 Å². The quantitative estimate of drug-likeness (QED) is 0.711. The van der Waals surface area contributed by atoms with Crippen LogP contribution in [0.5, 0.6) is 0 Å². The molecule has 8 nitrogen and oxygen atoms in total. The molecule has 1 N–H and O–H groups in total. The maximum atomic E-state index is 4.49. The molecule has 9 heteroatoms. The number of rotatable bonds is 4. The van der Waals surface area contributed by atoms with E-state index in [1.165, 1.54) is 0 Å². The first kappa shape index (κ1) is 14.5. The molecule has 0 aromatic carbocycles. The van der Waals surface area contributed by atoms with Crippen LogP contribution < -0.4 is 5.43 Å². The zero-order valence-electron chi connectivity index (χ0n) is 11.5. The monoisotopic (exact) mass is 299 g/mol. The summed E-state index contributed by atoms with van der Waals surface area (Å²) >= 11 is 0. The summed E-state index contributed by atoms with van der Waals surface area (Å²) in [6.07, 6.45) is 12.3. The summed E-state index contributed by atoms with van der Waals surface area (Å²) in [6, 6.07) is 5.75. The van der Waals surface area contributed by atoms with Crippen molar-refractivity contribution in [2.45, 2.75) is 13.8 Å². The highest BCUT2D eigenvalue weighted by atomic mass is 15.7. The Kier molecular flexibility index (Phi) is 3.82. The van der Waals surface area contributed by atoms with Crippen molar-refractivity contribution in [2.75, 3.05) is 13.1 Å². The largest absolute Gasteiger partial charge is 0.431 e. The average Bonchev–Trinajstić information content (AvgIpc) is 3.32. The van der Waals surface area contributed by atoms with E-state index in [0.29, 0.717) is 0 Å². The lowest BCUT2D eigenvalue weighted by molar-refractivity contribution is 0.355. The second kappa shape index (κ2) is 5.78. The van der Waals surface area contributed by atoms with E-state index in [1.807, 2.05) is 50.6 Å². The third kappa shape index (κ3) is 1.98. The molecule has 1 fully saturated rings. The topological polar surface area (TPSA) is 68.7 Å². The third-order valence-corrected chi connectivity index (χ3v) is 3.95. The normalized spacial score (nSPS) is 15.8. The summed E-state index contributed by atoms with van der Waals surface area (Å²) in [4.78, 5) is 2.17. The number of nitrogens with zero attached hydrogens (tertiary/aromatic N) is 7. The molecule has 1 saturated heterocycles. The molecule has 0 atom stereocenters. The van der Waals surface area contributed by atoms with E-state index in [2.05, 4.69) is 25.6 Å². The molecule has 116 valence electrons. The van der Waals surface area contributed by atoms with Gasteiger partial charge in [0.05, 0.1) is 0 Å². The lowest BCUT2D eigenvalue weighted by Crippen LogP contribution is -2.72. The second-order valence-corrected chi connectivity index (χ2v) is 5.11. The van der Waals surface area contributed by atoms with Gasteiger partial charge in [0.1, 0.15) is 0 Å². The predicted molar refractivity (Wildman–Crippen MR) is 84.7 cm³/mol. The Bertz CT molecular complexity index is 586. The molecule has 3 aromatic heterocycles. The predicted octanol–water partition coefficient (Wildman–Crippen LogP) is 0.503. The van der Waals surface area contributed by atoms with Gasteiger partial charge in [-0.2, -0.15) is 0 Å². The molecular formula is C13H20BN8-. The molecule has 3 aromatic rings. The summed E-state index contributed by atoms with van der Waals surface area (Å²) in [5.41, 5.74) is 3.44. The fourth-order valence-electron chi connectivity index (χ4n) is 3.10. The van der Waals surface area contributed by atoms with E-state index < -0.39 is 6.69 Å². The fourth-order valence-corrected chi connectivity index (χ4v) is 3.10. The molecule has 0 spiro atoms. The molecule has 0 radical (unpaired) electrons. The Morgan fingerprint density at radius 2 is 1.32 bits per heavy atom. The molecule has 22 heavy (non-hydrogen) atoms. The van der Waals surface area contributed by atoms with Gasteiger partial charge in [0.2, 0.25) is 0 Å². The molecular weight excluding hydrogens is 279 g/mol. The van der Waals surface area contributed by atoms with Gasteiger partial charge >= 0.3 is 6.69 Å². The highest BCUT2D eigenvalue weighted by molar-refractivity contribution is 6.71. The maximum absolute atomic E-state index is 4.49. The van der Waals surface area contributed by atoms with Gasteiger partial charge in [0.25, 0.3) is 0 Å². The van der Waals surface area contributed by atoms with Crippen LogP contribution in [0.15, 0.2) is 55.4 Å². The van der Waals surface area contributed by atoms with Gasteiger partial charge in [-0.25, -0.2) is 15.3 Å². The SMILES string of the molecule is C.c1cnn([B-](N2CCCN2)(n2cccn2)n2cccn2)c1. The van der Waals surface area contributed by atoms with E-state index in [1.54, 1.807) is 18.6 Å². The zero-order chi connectivity index (χ0) is 14.1. The minimum Gasteiger partial charge on any atom is -0.385 e. The minimum atomic E-state index is -1.66. The van der Waals surface area contributed by atoms with Crippen molar-refractivity contribution >= 4 is 6.69 Å². The maximum Gasteiger partial charge on any atom is 0.431 e. The van der Waals surface area contributed by atoms with Crippen LogP contribution in [-0.2, 0) is 0 Å².